The summed E-state index contributed by atoms with van der Waals surface area (Å²) in [7, 11) is 0. The van der Waals surface area contributed by atoms with Gasteiger partial charge in [0.15, 0.2) is 5.65 Å². The fourth-order valence-corrected chi connectivity index (χ4v) is 2.45. The number of unbranched alkanes of at least 4 members (excludes halogenated alkanes) is 1. The van der Waals surface area contributed by atoms with E-state index in [1.54, 1.807) is 12.1 Å². The smallest absolute Gasteiger partial charge is 0.264 e. The van der Waals surface area contributed by atoms with Crippen molar-refractivity contribution in [1.82, 2.24) is 24.6 Å². The van der Waals surface area contributed by atoms with Crippen molar-refractivity contribution in [2.45, 2.75) is 26.3 Å². The predicted molar refractivity (Wildman–Crippen MR) is 91.0 cm³/mol. The molecule has 0 unspecified atom stereocenters. The van der Waals surface area contributed by atoms with Crippen LogP contribution >= 0.6 is 0 Å². The number of hydrogen-bond donors (Lipinski definition) is 1. The summed E-state index contributed by atoms with van der Waals surface area (Å²) in [6.45, 7) is 2.53. The molecule has 2 aromatic heterocycles. The van der Waals surface area contributed by atoms with Crippen LogP contribution in [-0.4, -0.2) is 31.8 Å². The van der Waals surface area contributed by atoms with Gasteiger partial charge in [0.1, 0.15) is 24.1 Å². The Balaban J connectivity index is 1.87. The van der Waals surface area contributed by atoms with Gasteiger partial charge in [0.05, 0.1) is 11.9 Å². The highest BCUT2D eigenvalue weighted by atomic mass is 19.1. The molecular formula is C17H18FN5O2. The summed E-state index contributed by atoms with van der Waals surface area (Å²) < 4.78 is 15.8. The van der Waals surface area contributed by atoms with E-state index in [0.29, 0.717) is 23.3 Å². The van der Waals surface area contributed by atoms with Crippen LogP contribution in [0.1, 0.15) is 19.8 Å². The SMILES string of the molecule is CCCCNC(=O)Cn1cnc2c(cnn2-c2ccc(F)cc2)c1=O. The fourth-order valence-electron chi connectivity index (χ4n) is 2.45. The molecule has 0 aliphatic carbocycles. The first kappa shape index (κ1) is 16.8. The Kier molecular flexibility index (Phi) is 4.87. The predicted octanol–water partition coefficient (Wildman–Crippen LogP) is 1.64. The van der Waals surface area contributed by atoms with Crippen molar-refractivity contribution in [1.29, 1.82) is 0 Å². The molecule has 2 heterocycles. The van der Waals surface area contributed by atoms with Crippen LogP contribution in [0.2, 0.25) is 0 Å². The van der Waals surface area contributed by atoms with Gasteiger partial charge in [-0.25, -0.2) is 14.1 Å². The summed E-state index contributed by atoms with van der Waals surface area (Å²) in [5, 5.41) is 7.21. The largest absolute Gasteiger partial charge is 0.355 e. The Labute approximate surface area is 143 Å². The minimum Gasteiger partial charge on any atom is -0.355 e. The molecule has 0 saturated heterocycles. The molecule has 0 saturated carbocycles. The van der Waals surface area contributed by atoms with Gasteiger partial charge in [-0.1, -0.05) is 13.3 Å². The number of halogens is 1. The number of nitrogens with zero attached hydrogens (tertiary/aromatic N) is 4. The molecule has 3 aromatic rings. The minimum atomic E-state index is -0.357. The van der Waals surface area contributed by atoms with E-state index in [2.05, 4.69) is 15.4 Å². The topological polar surface area (TPSA) is 81.8 Å². The van der Waals surface area contributed by atoms with Gasteiger partial charge >= 0.3 is 0 Å². The molecule has 0 spiro atoms. The fraction of sp³-hybridized carbons (Fsp3) is 0.294. The van der Waals surface area contributed by atoms with Crippen molar-refractivity contribution in [2.75, 3.05) is 6.54 Å². The molecule has 0 aliphatic heterocycles. The average molecular weight is 343 g/mol. The number of fused-ring (bicyclic) bond motifs is 1. The maximum absolute atomic E-state index is 13.1. The number of carbonyl (C=O) groups is 1. The Morgan fingerprint density at radius 3 is 2.76 bits per heavy atom. The lowest BCUT2D eigenvalue weighted by Gasteiger charge is -2.07. The molecule has 1 N–H and O–H groups in total. The van der Waals surface area contributed by atoms with Crippen LogP contribution in [0, 0.1) is 5.82 Å². The van der Waals surface area contributed by atoms with E-state index in [4.69, 9.17) is 0 Å². The van der Waals surface area contributed by atoms with E-state index in [0.717, 1.165) is 12.8 Å². The first-order chi connectivity index (χ1) is 12.1. The Morgan fingerprint density at radius 2 is 2.04 bits per heavy atom. The van der Waals surface area contributed by atoms with Crippen LogP contribution in [-0.2, 0) is 11.3 Å². The summed E-state index contributed by atoms with van der Waals surface area (Å²) >= 11 is 0. The molecule has 0 atom stereocenters. The summed E-state index contributed by atoms with van der Waals surface area (Å²) in [6.07, 6.45) is 4.60. The maximum Gasteiger partial charge on any atom is 0.264 e. The molecule has 7 nitrogen and oxygen atoms in total. The van der Waals surface area contributed by atoms with E-state index in [1.807, 2.05) is 6.92 Å². The monoisotopic (exact) mass is 343 g/mol. The van der Waals surface area contributed by atoms with Gasteiger partial charge < -0.3 is 5.32 Å². The number of carbonyl (C=O) groups excluding carboxylic acids is 1. The van der Waals surface area contributed by atoms with Crippen LogP contribution in [0.4, 0.5) is 4.39 Å². The first-order valence-corrected chi connectivity index (χ1v) is 8.06. The number of rotatable bonds is 6. The van der Waals surface area contributed by atoms with Crippen LogP contribution in [0.5, 0.6) is 0 Å². The third kappa shape index (κ3) is 3.57. The van der Waals surface area contributed by atoms with Crippen molar-refractivity contribution in [3.63, 3.8) is 0 Å². The maximum atomic E-state index is 13.1. The van der Waals surface area contributed by atoms with E-state index < -0.39 is 0 Å². The van der Waals surface area contributed by atoms with Gasteiger partial charge in [-0.2, -0.15) is 5.10 Å². The number of hydrogen-bond acceptors (Lipinski definition) is 4. The van der Waals surface area contributed by atoms with Gasteiger partial charge in [-0.3, -0.25) is 14.2 Å². The molecule has 0 aliphatic rings. The molecule has 130 valence electrons. The third-order valence-electron chi connectivity index (χ3n) is 3.79. The third-order valence-corrected chi connectivity index (χ3v) is 3.79. The van der Waals surface area contributed by atoms with Gasteiger partial charge in [-0.15, -0.1) is 0 Å². The zero-order valence-electron chi connectivity index (χ0n) is 13.8. The zero-order valence-corrected chi connectivity index (χ0v) is 13.8. The number of amides is 1. The van der Waals surface area contributed by atoms with Crippen molar-refractivity contribution >= 4 is 16.9 Å². The molecular weight excluding hydrogens is 325 g/mol. The molecule has 0 radical (unpaired) electrons. The molecule has 0 fully saturated rings. The average Bonchev–Trinajstić information content (AvgIpc) is 3.03. The summed E-state index contributed by atoms with van der Waals surface area (Å²) in [5.41, 5.74) is 0.613. The van der Waals surface area contributed by atoms with Crippen LogP contribution in [0.3, 0.4) is 0 Å². The van der Waals surface area contributed by atoms with E-state index >= 15 is 0 Å². The van der Waals surface area contributed by atoms with Crippen molar-refractivity contribution in [3.05, 3.63) is 53.0 Å². The second kappa shape index (κ2) is 7.25. The molecule has 0 bridgehead atoms. The molecule has 3 rings (SSSR count). The van der Waals surface area contributed by atoms with Gasteiger partial charge in [-0.05, 0) is 30.7 Å². The van der Waals surface area contributed by atoms with Gasteiger partial charge in [0.2, 0.25) is 5.91 Å². The summed E-state index contributed by atoms with van der Waals surface area (Å²) in [6, 6.07) is 5.72. The first-order valence-electron chi connectivity index (χ1n) is 8.06. The lowest BCUT2D eigenvalue weighted by molar-refractivity contribution is -0.121. The normalized spacial score (nSPS) is 11.0. The molecule has 1 aromatic carbocycles. The van der Waals surface area contributed by atoms with Crippen LogP contribution in [0.15, 0.2) is 41.6 Å². The second-order valence-corrected chi connectivity index (χ2v) is 5.65. The summed E-state index contributed by atoms with van der Waals surface area (Å²) in [5.74, 6) is -0.591. The van der Waals surface area contributed by atoms with Crippen molar-refractivity contribution in [2.24, 2.45) is 0 Å². The highest BCUT2D eigenvalue weighted by Gasteiger charge is 2.13. The van der Waals surface area contributed by atoms with E-state index in [9.17, 15) is 14.0 Å². The highest BCUT2D eigenvalue weighted by Crippen LogP contribution is 2.14. The molecule has 8 heteroatoms. The van der Waals surface area contributed by atoms with Gasteiger partial charge in [0.25, 0.3) is 5.56 Å². The number of aromatic nitrogens is 4. The lowest BCUT2D eigenvalue weighted by Crippen LogP contribution is -2.32. The van der Waals surface area contributed by atoms with E-state index in [1.165, 1.54) is 33.9 Å². The summed E-state index contributed by atoms with van der Waals surface area (Å²) in [4.78, 5) is 28.6. The van der Waals surface area contributed by atoms with Crippen molar-refractivity contribution < 1.29 is 9.18 Å². The van der Waals surface area contributed by atoms with Crippen molar-refractivity contribution in [3.8, 4) is 5.69 Å². The van der Waals surface area contributed by atoms with Gasteiger partial charge in [0, 0.05) is 6.54 Å². The Morgan fingerprint density at radius 1 is 1.28 bits per heavy atom. The van der Waals surface area contributed by atoms with Crippen LogP contribution in [0.25, 0.3) is 16.7 Å². The van der Waals surface area contributed by atoms with E-state index in [-0.39, 0.29) is 23.8 Å². The second-order valence-electron chi connectivity index (χ2n) is 5.65. The van der Waals surface area contributed by atoms with Crippen LogP contribution < -0.4 is 10.9 Å². The molecule has 1 amide bonds. The Bertz CT molecular complexity index is 946. The molecule has 25 heavy (non-hydrogen) atoms. The standard InChI is InChI=1S/C17H18FN5O2/c1-2-3-8-19-15(24)10-22-11-20-16-14(17(22)25)9-21-23(16)13-6-4-12(18)5-7-13/h4-7,9,11H,2-3,8,10H2,1H3,(H,19,24). The minimum absolute atomic E-state index is 0.0901. The Hall–Kier alpha value is -3.03. The zero-order chi connectivity index (χ0) is 17.8. The quantitative estimate of drug-likeness (QED) is 0.690. The highest BCUT2D eigenvalue weighted by molar-refractivity contribution is 5.77. The number of benzene rings is 1. The number of nitrogens with one attached hydrogen (secondary N) is 1. The lowest BCUT2D eigenvalue weighted by atomic mass is 10.3.